The highest BCUT2D eigenvalue weighted by molar-refractivity contribution is 7.15. The van der Waals surface area contributed by atoms with Crippen molar-refractivity contribution in [2.75, 3.05) is 7.05 Å². The van der Waals surface area contributed by atoms with Gasteiger partial charge in [0.25, 0.3) is 0 Å². The second-order valence-electron chi connectivity index (χ2n) is 7.52. The van der Waals surface area contributed by atoms with E-state index in [2.05, 4.69) is 12.1 Å². The minimum atomic E-state index is -0.706. The summed E-state index contributed by atoms with van der Waals surface area (Å²) in [5.74, 6) is 0.356. The molecule has 140 valence electrons. The first-order valence-corrected chi connectivity index (χ1v) is 9.88. The number of nitrogens with zero attached hydrogens (tertiary/aromatic N) is 4. The molecule has 0 saturated heterocycles. The van der Waals surface area contributed by atoms with E-state index in [1.54, 1.807) is 25.2 Å². The molecule has 1 aromatic carbocycles. The molecule has 2 aliphatic rings. The summed E-state index contributed by atoms with van der Waals surface area (Å²) >= 11 is 1.53. The number of thiophene rings is 1. The molecule has 0 spiro atoms. The molecule has 2 aromatic rings. The minimum absolute atomic E-state index is 0.0192. The summed E-state index contributed by atoms with van der Waals surface area (Å²) in [6.45, 7) is 1.98. The standard InChI is InChI=1S/C21H19N5OS/c1-21(18(14-3-4-14)19(27)26(2)20(24)25-21)17-6-5-16(28-17)15-8-12(10-22)7-13(9-15)11-23/h5-9,14,18H,3-4H2,1-2H3,(H2,24,25)/t18?,21-/m1/s1. The quantitative estimate of drug-likeness (QED) is 0.870. The molecule has 0 radical (unpaired) electrons. The van der Waals surface area contributed by atoms with Gasteiger partial charge in [0.2, 0.25) is 5.91 Å². The van der Waals surface area contributed by atoms with Gasteiger partial charge in [-0.25, -0.2) is 4.99 Å². The van der Waals surface area contributed by atoms with Gasteiger partial charge >= 0.3 is 0 Å². The SMILES string of the molecule is CN1C(=O)C(C2CC2)[C@@](C)(c2ccc(-c3cc(C#N)cc(C#N)c3)s2)N=C1N. The third-order valence-corrected chi connectivity index (χ3v) is 6.93. The van der Waals surface area contributed by atoms with Crippen molar-refractivity contribution in [3.05, 3.63) is 46.3 Å². The number of amides is 1. The monoisotopic (exact) mass is 389 g/mol. The number of carbonyl (C=O) groups is 1. The number of hydrogen-bond donors (Lipinski definition) is 1. The van der Waals surface area contributed by atoms with E-state index in [4.69, 9.17) is 10.7 Å². The molecule has 1 saturated carbocycles. The van der Waals surface area contributed by atoms with Gasteiger partial charge in [-0.2, -0.15) is 10.5 Å². The van der Waals surface area contributed by atoms with E-state index >= 15 is 0 Å². The lowest BCUT2D eigenvalue weighted by molar-refractivity contribution is -0.134. The molecule has 1 fully saturated rings. The van der Waals surface area contributed by atoms with Crippen LogP contribution in [0.1, 0.15) is 35.8 Å². The first kappa shape index (κ1) is 18.2. The van der Waals surface area contributed by atoms with Gasteiger partial charge in [-0.3, -0.25) is 9.69 Å². The molecule has 6 nitrogen and oxygen atoms in total. The molecule has 1 amide bonds. The summed E-state index contributed by atoms with van der Waals surface area (Å²) in [7, 11) is 1.67. The topological polar surface area (TPSA) is 106 Å². The second-order valence-corrected chi connectivity index (χ2v) is 8.60. The van der Waals surface area contributed by atoms with Crippen molar-refractivity contribution in [3.63, 3.8) is 0 Å². The zero-order valence-electron chi connectivity index (χ0n) is 15.6. The Bertz CT molecular complexity index is 1050. The number of nitrogens with two attached hydrogens (primary N) is 1. The number of hydrogen-bond acceptors (Lipinski definition) is 6. The van der Waals surface area contributed by atoms with E-state index in [1.807, 2.05) is 19.1 Å². The molecule has 1 aliphatic carbocycles. The van der Waals surface area contributed by atoms with Gasteiger partial charge in [-0.1, -0.05) is 0 Å². The maximum atomic E-state index is 12.9. The predicted molar refractivity (Wildman–Crippen MR) is 107 cm³/mol. The van der Waals surface area contributed by atoms with Crippen LogP contribution >= 0.6 is 11.3 Å². The first-order chi connectivity index (χ1) is 13.4. The molecule has 0 bridgehead atoms. The van der Waals surface area contributed by atoms with Gasteiger partial charge in [-0.15, -0.1) is 11.3 Å². The molecule has 1 aliphatic heterocycles. The van der Waals surface area contributed by atoms with E-state index in [9.17, 15) is 15.3 Å². The van der Waals surface area contributed by atoms with E-state index in [0.717, 1.165) is 28.2 Å². The lowest BCUT2D eigenvalue weighted by Crippen LogP contribution is -2.54. The lowest BCUT2D eigenvalue weighted by Gasteiger charge is -2.40. The Hall–Kier alpha value is -3.16. The van der Waals surface area contributed by atoms with Gasteiger partial charge in [0.1, 0.15) is 5.54 Å². The van der Waals surface area contributed by atoms with Crippen molar-refractivity contribution in [1.82, 2.24) is 4.90 Å². The molecule has 1 aromatic heterocycles. The molecule has 1 unspecified atom stereocenters. The number of rotatable bonds is 3. The molecular formula is C21H19N5OS. The van der Waals surface area contributed by atoms with Crippen LogP contribution in [0.2, 0.25) is 0 Å². The Morgan fingerprint density at radius 3 is 2.43 bits per heavy atom. The smallest absolute Gasteiger partial charge is 0.235 e. The predicted octanol–water partition coefficient (Wildman–Crippen LogP) is 3.19. The van der Waals surface area contributed by atoms with Crippen molar-refractivity contribution in [3.8, 4) is 22.6 Å². The van der Waals surface area contributed by atoms with Crippen molar-refractivity contribution in [2.24, 2.45) is 22.6 Å². The Kier molecular flexibility index (Phi) is 4.21. The molecule has 7 heteroatoms. The van der Waals surface area contributed by atoms with Crippen LogP contribution < -0.4 is 5.73 Å². The van der Waals surface area contributed by atoms with E-state index in [0.29, 0.717) is 17.0 Å². The fraction of sp³-hybridized carbons (Fsp3) is 0.333. The highest BCUT2D eigenvalue weighted by Gasteiger charge is 2.53. The summed E-state index contributed by atoms with van der Waals surface area (Å²) in [6, 6.07) is 13.3. The normalized spacial score (nSPS) is 24.4. The third-order valence-electron chi connectivity index (χ3n) is 5.57. The van der Waals surface area contributed by atoms with Crippen LogP contribution in [0.25, 0.3) is 10.4 Å². The molecule has 28 heavy (non-hydrogen) atoms. The average molecular weight is 389 g/mol. The van der Waals surface area contributed by atoms with Crippen LogP contribution in [-0.4, -0.2) is 23.8 Å². The highest BCUT2D eigenvalue weighted by Crippen LogP contribution is 2.52. The Morgan fingerprint density at radius 2 is 1.86 bits per heavy atom. The first-order valence-electron chi connectivity index (χ1n) is 9.06. The molecule has 2 atom stereocenters. The van der Waals surface area contributed by atoms with Crippen molar-refractivity contribution >= 4 is 23.2 Å². The van der Waals surface area contributed by atoms with Gasteiger partial charge in [0.15, 0.2) is 5.96 Å². The van der Waals surface area contributed by atoms with E-state index < -0.39 is 5.54 Å². The Balaban J connectivity index is 1.79. The number of guanidine groups is 1. The van der Waals surface area contributed by atoms with Crippen LogP contribution in [0.5, 0.6) is 0 Å². The molecule has 2 heterocycles. The Morgan fingerprint density at radius 1 is 1.21 bits per heavy atom. The van der Waals surface area contributed by atoms with Crippen LogP contribution in [0, 0.1) is 34.5 Å². The average Bonchev–Trinajstić information content (AvgIpc) is 3.38. The summed E-state index contributed by atoms with van der Waals surface area (Å²) in [4.78, 5) is 21.0. The minimum Gasteiger partial charge on any atom is -0.369 e. The van der Waals surface area contributed by atoms with E-state index in [-0.39, 0.29) is 17.8 Å². The number of benzene rings is 1. The van der Waals surface area contributed by atoms with Crippen LogP contribution in [-0.2, 0) is 10.3 Å². The number of nitriles is 2. The zero-order valence-corrected chi connectivity index (χ0v) is 16.5. The van der Waals surface area contributed by atoms with Gasteiger partial charge in [0.05, 0.1) is 29.2 Å². The summed E-state index contributed by atoms with van der Waals surface area (Å²) in [5.41, 5.74) is 7.05. The highest BCUT2D eigenvalue weighted by atomic mass is 32.1. The van der Waals surface area contributed by atoms with Crippen molar-refractivity contribution < 1.29 is 4.79 Å². The van der Waals surface area contributed by atoms with Gasteiger partial charge < -0.3 is 5.73 Å². The van der Waals surface area contributed by atoms with Gasteiger partial charge in [-0.05, 0) is 61.6 Å². The number of carbonyl (C=O) groups excluding carboxylic acids is 1. The fourth-order valence-electron chi connectivity index (χ4n) is 3.91. The molecule has 4 rings (SSSR count). The fourth-order valence-corrected chi connectivity index (χ4v) is 5.03. The third kappa shape index (κ3) is 2.85. The van der Waals surface area contributed by atoms with Crippen molar-refractivity contribution in [2.45, 2.75) is 25.3 Å². The van der Waals surface area contributed by atoms with Crippen LogP contribution in [0.3, 0.4) is 0 Å². The van der Waals surface area contributed by atoms with Crippen molar-refractivity contribution in [1.29, 1.82) is 10.5 Å². The molecule has 2 N–H and O–H groups in total. The maximum absolute atomic E-state index is 12.9. The van der Waals surface area contributed by atoms with Crippen LogP contribution in [0.15, 0.2) is 35.3 Å². The maximum Gasteiger partial charge on any atom is 0.235 e. The zero-order chi connectivity index (χ0) is 20.1. The largest absolute Gasteiger partial charge is 0.369 e. The van der Waals surface area contributed by atoms with E-state index in [1.165, 1.54) is 16.2 Å². The van der Waals surface area contributed by atoms with Crippen LogP contribution in [0.4, 0.5) is 0 Å². The summed E-state index contributed by atoms with van der Waals surface area (Å²) in [6.07, 6.45) is 2.06. The Labute approximate surface area is 167 Å². The summed E-state index contributed by atoms with van der Waals surface area (Å²) < 4.78 is 0. The number of aliphatic imine (C=N–C) groups is 1. The molecular weight excluding hydrogens is 370 g/mol. The second kappa shape index (κ2) is 6.47. The lowest BCUT2D eigenvalue weighted by atomic mass is 9.79. The summed E-state index contributed by atoms with van der Waals surface area (Å²) in [5, 5.41) is 18.5. The van der Waals surface area contributed by atoms with Gasteiger partial charge in [0, 0.05) is 16.8 Å².